The van der Waals surface area contributed by atoms with Crippen molar-refractivity contribution in [1.82, 2.24) is 10.6 Å². The molecule has 11 heavy (non-hydrogen) atoms. The van der Waals surface area contributed by atoms with Crippen LogP contribution >= 0.6 is 31.9 Å². The van der Waals surface area contributed by atoms with Gasteiger partial charge >= 0.3 is 0 Å². The van der Waals surface area contributed by atoms with Crippen LogP contribution in [0.15, 0.2) is 0 Å². The summed E-state index contributed by atoms with van der Waals surface area (Å²) in [6, 6.07) is 0. The van der Waals surface area contributed by atoms with E-state index in [1.807, 2.05) is 0 Å². The lowest BCUT2D eigenvalue weighted by atomic mass is 9.96. The molecule has 4 heteroatoms. The average molecular weight is 284 g/mol. The molecule has 0 aliphatic carbocycles. The second-order valence-electron chi connectivity index (χ2n) is 3.31. The Morgan fingerprint density at radius 1 is 1.09 bits per heavy atom. The summed E-state index contributed by atoms with van der Waals surface area (Å²) in [5.41, 5.74) is 0. The Morgan fingerprint density at radius 3 is 2.64 bits per heavy atom. The minimum atomic E-state index is 0.549. The molecular formula is C7H12Br2N2. The highest BCUT2D eigenvalue weighted by Gasteiger charge is 2.38. The molecule has 0 spiro atoms. The molecular weight excluding hydrogens is 272 g/mol. The van der Waals surface area contributed by atoms with Crippen molar-refractivity contribution < 1.29 is 0 Å². The molecule has 0 aromatic rings. The first-order valence-corrected chi connectivity index (χ1v) is 5.85. The summed E-state index contributed by atoms with van der Waals surface area (Å²) in [5.74, 6) is 0.758. The van der Waals surface area contributed by atoms with Crippen LogP contribution in [0.4, 0.5) is 0 Å². The molecule has 2 saturated heterocycles. The van der Waals surface area contributed by atoms with Gasteiger partial charge in [-0.1, -0.05) is 31.9 Å². The van der Waals surface area contributed by atoms with E-state index in [9.17, 15) is 0 Å². The molecule has 4 unspecified atom stereocenters. The van der Waals surface area contributed by atoms with Gasteiger partial charge in [0.05, 0.1) is 6.17 Å². The van der Waals surface area contributed by atoms with Gasteiger partial charge in [0.25, 0.3) is 0 Å². The fourth-order valence-corrected chi connectivity index (χ4v) is 3.22. The molecule has 2 nitrogen and oxygen atoms in total. The summed E-state index contributed by atoms with van der Waals surface area (Å²) in [7, 11) is 0. The number of rotatable bonds is 0. The van der Waals surface area contributed by atoms with Crippen LogP contribution in [-0.2, 0) is 0 Å². The van der Waals surface area contributed by atoms with E-state index >= 15 is 0 Å². The number of nitrogens with one attached hydrogen (secondary N) is 2. The molecule has 0 saturated carbocycles. The Kier molecular flexibility index (Phi) is 2.56. The van der Waals surface area contributed by atoms with Gasteiger partial charge in [-0.15, -0.1) is 0 Å². The van der Waals surface area contributed by atoms with Crippen LogP contribution in [0, 0.1) is 5.92 Å². The standard InChI is InChI=1S/C7H12Br2N2/c8-4-1-5-6(9)3-11-7(5)10-2-4/h4-7,10-11H,1-3H2. The summed E-state index contributed by atoms with van der Waals surface area (Å²) >= 11 is 7.33. The molecule has 4 atom stereocenters. The lowest BCUT2D eigenvalue weighted by molar-refractivity contribution is 0.314. The van der Waals surface area contributed by atoms with Crippen molar-refractivity contribution in [3.63, 3.8) is 0 Å². The van der Waals surface area contributed by atoms with Crippen LogP contribution < -0.4 is 10.6 Å². The van der Waals surface area contributed by atoms with Crippen molar-refractivity contribution in [1.29, 1.82) is 0 Å². The van der Waals surface area contributed by atoms with Crippen LogP contribution in [0.2, 0.25) is 0 Å². The fraction of sp³-hybridized carbons (Fsp3) is 1.00. The van der Waals surface area contributed by atoms with Gasteiger partial charge in [-0.25, -0.2) is 0 Å². The van der Waals surface area contributed by atoms with Gasteiger partial charge in [0.15, 0.2) is 0 Å². The summed E-state index contributed by atoms with van der Waals surface area (Å²) < 4.78 is 0. The maximum absolute atomic E-state index is 3.68. The topological polar surface area (TPSA) is 24.1 Å². The Hall–Kier alpha value is 0.880. The molecule has 0 aromatic heterocycles. The second-order valence-corrected chi connectivity index (χ2v) is 5.78. The molecule has 2 N–H and O–H groups in total. The number of halogens is 2. The number of hydrogen-bond donors (Lipinski definition) is 2. The molecule has 0 aromatic carbocycles. The molecule has 2 heterocycles. The van der Waals surface area contributed by atoms with Crippen LogP contribution in [0.5, 0.6) is 0 Å². The molecule has 2 fully saturated rings. The van der Waals surface area contributed by atoms with Gasteiger partial charge in [-0.2, -0.15) is 0 Å². The summed E-state index contributed by atoms with van der Waals surface area (Å²) in [6.45, 7) is 2.19. The zero-order valence-corrected chi connectivity index (χ0v) is 9.36. The largest absolute Gasteiger partial charge is 0.301 e. The summed E-state index contributed by atoms with van der Waals surface area (Å²) in [5, 5.41) is 6.92. The van der Waals surface area contributed by atoms with Crippen LogP contribution in [0.25, 0.3) is 0 Å². The van der Waals surface area contributed by atoms with E-state index in [2.05, 4.69) is 42.5 Å². The molecule has 2 aliphatic rings. The predicted molar refractivity (Wildman–Crippen MR) is 53.3 cm³/mol. The number of hydrogen-bond acceptors (Lipinski definition) is 2. The van der Waals surface area contributed by atoms with Crippen LogP contribution in [0.1, 0.15) is 6.42 Å². The normalized spacial score (nSPS) is 50.7. The first-order chi connectivity index (χ1) is 5.27. The van der Waals surface area contributed by atoms with Crippen molar-refractivity contribution >= 4 is 31.9 Å². The zero-order valence-electron chi connectivity index (χ0n) is 6.19. The molecule has 2 aliphatic heterocycles. The van der Waals surface area contributed by atoms with Crippen molar-refractivity contribution in [2.75, 3.05) is 13.1 Å². The van der Waals surface area contributed by atoms with Crippen molar-refractivity contribution in [3.05, 3.63) is 0 Å². The van der Waals surface area contributed by atoms with E-state index in [-0.39, 0.29) is 0 Å². The molecule has 0 radical (unpaired) electrons. The van der Waals surface area contributed by atoms with Crippen molar-refractivity contribution in [2.45, 2.75) is 22.2 Å². The maximum atomic E-state index is 3.68. The van der Waals surface area contributed by atoms with E-state index in [4.69, 9.17) is 0 Å². The molecule has 0 bridgehead atoms. The second kappa shape index (κ2) is 3.32. The Morgan fingerprint density at radius 2 is 1.82 bits per heavy atom. The highest BCUT2D eigenvalue weighted by molar-refractivity contribution is 9.09. The third-order valence-corrected chi connectivity index (χ3v) is 4.21. The maximum Gasteiger partial charge on any atom is 0.0613 e. The van der Waals surface area contributed by atoms with Gasteiger partial charge in [0, 0.05) is 28.7 Å². The van der Waals surface area contributed by atoms with Gasteiger partial charge in [-0.05, 0) is 6.42 Å². The van der Waals surface area contributed by atoms with E-state index < -0.39 is 0 Å². The Balaban J connectivity index is 2.01. The lowest BCUT2D eigenvalue weighted by Crippen LogP contribution is -2.49. The fourth-order valence-electron chi connectivity index (χ4n) is 1.89. The van der Waals surface area contributed by atoms with E-state index in [0.717, 1.165) is 19.0 Å². The summed E-state index contributed by atoms with van der Waals surface area (Å²) in [4.78, 5) is 1.31. The Labute approximate surface area is 83.8 Å². The lowest BCUT2D eigenvalue weighted by Gasteiger charge is -2.31. The Bertz CT molecular complexity index is 153. The van der Waals surface area contributed by atoms with Gasteiger partial charge in [-0.3, -0.25) is 0 Å². The van der Waals surface area contributed by atoms with E-state index in [1.54, 1.807) is 0 Å². The molecule has 2 rings (SSSR count). The van der Waals surface area contributed by atoms with Crippen LogP contribution in [0.3, 0.4) is 0 Å². The first kappa shape index (κ1) is 8.48. The minimum Gasteiger partial charge on any atom is -0.301 e. The zero-order chi connectivity index (χ0) is 7.84. The van der Waals surface area contributed by atoms with Gasteiger partial charge in [0.2, 0.25) is 0 Å². The number of fused-ring (bicyclic) bond motifs is 1. The minimum absolute atomic E-state index is 0.549. The summed E-state index contributed by atoms with van der Waals surface area (Å²) in [6.07, 6.45) is 1.83. The highest BCUT2D eigenvalue weighted by Crippen LogP contribution is 2.30. The van der Waals surface area contributed by atoms with Crippen molar-refractivity contribution in [2.24, 2.45) is 5.92 Å². The number of piperidine rings is 1. The van der Waals surface area contributed by atoms with E-state index in [1.165, 1.54) is 6.42 Å². The monoisotopic (exact) mass is 282 g/mol. The highest BCUT2D eigenvalue weighted by atomic mass is 79.9. The van der Waals surface area contributed by atoms with Crippen molar-refractivity contribution in [3.8, 4) is 0 Å². The van der Waals surface area contributed by atoms with Gasteiger partial charge < -0.3 is 10.6 Å². The predicted octanol–water partition coefficient (Wildman–Crippen LogP) is 1.05. The first-order valence-electron chi connectivity index (χ1n) is 4.02. The van der Waals surface area contributed by atoms with E-state index in [0.29, 0.717) is 15.8 Å². The average Bonchev–Trinajstić information content (AvgIpc) is 2.33. The van der Waals surface area contributed by atoms with Gasteiger partial charge in [0.1, 0.15) is 0 Å². The molecule has 0 amide bonds. The van der Waals surface area contributed by atoms with Crippen LogP contribution in [-0.4, -0.2) is 28.9 Å². The molecule has 64 valence electrons. The quantitative estimate of drug-likeness (QED) is 0.650. The third-order valence-electron chi connectivity index (χ3n) is 2.51. The number of alkyl halides is 2. The SMILES string of the molecule is BrC1CNC2NCC(Br)C2C1. The smallest absolute Gasteiger partial charge is 0.0613 e. The third kappa shape index (κ3) is 1.64.